The summed E-state index contributed by atoms with van der Waals surface area (Å²) in [5, 5.41) is 11.6. The highest BCUT2D eigenvalue weighted by molar-refractivity contribution is 7.15. The molecule has 3 rings (SSSR count). The fourth-order valence-corrected chi connectivity index (χ4v) is 3.16. The highest BCUT2D eigenvalue weighted by Gasteiger charge is 2.12. The molecule has 0 aliphatic carbocycles. The minimum atomic E-state index is -0.167. The maximum Gasteiger partial charge on any atom is 0.257 e. The maximum absolute atomic E-state index is 12.0. The second-order valence-corrected chi connectivity index (χ2v) is 7.22. The number of aryl methyl sites for hydroxylation is 1. The van der Waals surface area contributed by atoms with Gasteiger partial charge in [0.1, 0.15) is 0 Å². The van der Waals surface area contributed by atoms with Crippen molar-refractivity contribution in [2.75, 3.05) is 0 Å². The molecule has 24 heavy (non-hydrogen) atoms. The predicted octanol–water partition coefficient (Wildman–Crippen LogP) is 4.27. The van der Waals surface area contributed by atoms with Crippen LogP contribution in [0.1, 0.15) is 16.3 Å². The summed E-state index contributed by atoms with van der Waals surface area (Å²) in [5.74, 6) is 0.653. The third kappa shape index (κ3) is 4.14. The van der Waals surface area contributed by atoms with Gasteiger partial charge >= 0.3 is 0 Å². The first kappa shape index (κ1) is 17.0. The van der Waals surface area contributed by atoms with E-state index in [0.717, 1.165) is 10.4 Å². The topological polar surface area (TPSA) is 68.0 Å². The molecule has 0 aliphatic rings. The zero-order valence-electron chi connectivity index (χ0n) is 12.7. The van der Waals surface area contributed by atoms with E-state index in [-0.39, 0.29) is 18.9 Å². The summed E-state index contributed by atoms with van der Waals surface area (Å²) in [4.78, 5) is 14.1. The van der Waals surface area contributed by atoms with Gasteiger partial charge in [-0.15, -0.1) is 21.5 Å². The van der Waals surface area contributed by atoms with Crippen LogP contribution in [0.4, 0.5) is 0 Å². The largest absolute Gasteiger partial charge is 0.418 e. The summed E-state index contributed by atoms with van der Waals surface area (Å²) < 4.78 is 5.55. The number of amides is 1. The smallest absolute Gasteiger partial charge is 0.257 e. The number of halogens is 2. The third-order valence-corrected chi connectivity index (χ3v) is 4.93. The molecule has 1 N–H and O–H groups in total. The number of hydrogen-bond acceptors (Lipinski definition) is 5. The van der Waals surface area contributed by atoms with Gasteiger partial charge in [0.25, 0.3) is 5.89 Å². The summed E-state index contributed by atoms with van der Waals surface area (Å²) in [7, 11) is 0. The lowest BCUT2D eigenvalue weighted by molar-refractivity contribution is -0.120. The van der Waals surface area contributed by atoms with Gasteiger partial charge in [-0.3, -0.25) is 4.79 Å². The van der Waals surface area contributed by atoms with Crippen LogP contribution in [0, 0.1) is 6.92 Å². The summed E-state index contributed by atoms with van der Waals surface area (Å²) >= 11 is 13.4. The summed E-state index contributed by atoms with van der Waals surface area (Å²) in [6.07, 6.45) is 0.196. The number of nitrogens with one attached hydrogen (secondary N) is 1. The highest BCUT2D eigenvalue weighted by atomic mass is 35.5. The lowest BCUT2D eigenvalue weighted by Crippen LogP contribution is -2.24. The number of hydrogen-bond donors (Lipinski definition) is 1. The number of carbonyl (C=O) groups excluding carboxylic acids is 1. The SMILES string of the molecule is Cc1ccc(-c2nnc(CNC(=O)Cc3ccc(Cl)c(Cl)c3)o2)s1. The van der Waals surface area contributed by atoms with Gasteiger partial charge in [-0.05, 0) is 36.8 Å². The van der Waals surface area contributed by atoms with E-state index in [2.05, 4.69) is 15.5 Å². The van der Waals surface area contributed by atoms with Gasteiger partial charge in [-0.2, -0.15) is 0 Å². The van der Waals surface area contributed by atoms with E-state index >= 15 is 0 Å². The Morgan fingerprint density at radius 2 is 2.04 bits per heavy atom. The molecule has 0 radical (unpaired) electrons. The number of aromatic nitrogens is 2. The molecule has 0 aliphatic heterocycles. The Kier molecular flexibility index (Phi) is 5.18. The van der Waals surface area contributed by atoms with Crippen LogP contribution in [0.2, 0.25) is 10.0 Å². The highest BCUT2D eigenvalue weighted by Crippen LogP contribution is 2.26. The van der Waals surface area contributed by atoms with Crippen molar-refractivity contribution in [3.05, 3.63) is 56.7 Å². The fourth-order valence-electron chi connectivity index (χ4n) is 2.05. The standard InChI is InChI=1S/C16H13Cl2N3O2S/c1-9-2-5-13(24-9)16-21-20-15(23-16)8-19-14(22)7-10-3-4-11(17)12(18)6-10/h2-6H,7-8H2,1H3,(H,19,22). The first-order valence-electron chi connectivity index (χ1n) is 7.11. The molecule has 0 atom stereocenters. The number of rotatable bonds is 5. The Labute approximate surface area is 152 Å². The van der Waals surface area contributed by atoms with Gasteiger partial charge in [0.2, 0.25) is 11.8 Å². The first-order valence-corrected chi connectivity index (χ1v) is 8.68. The summed E-state index contributed by atoms with van der Waals surface area (Å²) in [5.41, 5.74) is 0.780. The Bertz CT molecular complexity index is 876. The second-order valence-electron chi connectivity index (χ2n) is 5.11. The van der Waals surface area contributed by atoms with Gasteiger partial charge in [-0.25, -0.2) is 0 Å². The van der Waals surface area contributed by atoms with Crippen molar-refractivity contribution < 1.29 is 9.21 Å². The van der Waals surface area contributed by atoms with Crippen molar-refractivity contribution in [2.24, 2.45) is 0 Å². The van der Waals surface area contributed by atoms with Crippen molar-refractivity contribution in [2.45, 2.75) is 19.9 Å². The Morgan fingerprint density at radius 1 is 1.21 bits per heavy atom. The molecule has 3 aromatic rings. The average Bonchev–Trinajstić information content (AvgIpc) is 3.18. The molecule has 0 bridgehead atoms. The van der Waals surface area contributed by atoms with Gasteiger partial charge in [0.15, 0.2) is 0 Å². The van der Waals surface area contributed by atoms with Crippen LogP contribution in [0.3, 0.4) is 0 Å². The quantitative estimate of drug-likeness (QED) is 0.716. The maximum atomic E-state index is 12.0. The van der Waals surface area contributed by atoms with E-state index in [1.165, 1.54) is 4.88 Å². The third-order valence-electron chi connectivity index (χ3n) is 3.20. The van der Waals surface area contributed by atoms with E-state index in [1.807, 2.05) is 19.1 Å². The van der Waals surface area contributed by atoms with Crippen molar-refractivity contribution >= 4 is 40.4 Å². The van der Waals surface area contributed by atoms with E-state index < -0.39 is 0 Å². The van der Waals surface area contributed by atoms with Crippen LogP contribution >= 0.6 is 34.5 Å². The lowest BCUT2D eigenvalue weighted by atomic mass is 10.1. The average molecular weight is 382 g/mol. The molecule has 0 spiro atoms. The van der Waals surface area contributed by atoms with E-state index in [9.17, 15) is 4.79 Å². The molecule has 1 aromatic carbocycles. The molecule has 2 aromatic heterocycles. The number of nitrogens with zero attached hydrogens (tertiary/aromatic N) is 2. The Balaban J connectivity index is 1.56. The molecule has 0 unspecified atom stereocenters. The lowest BCUT2D eigenvalue weighted by Gasteiger charge is -2.04. The van der Waals surface area contributed by atoms with Gasteiger partial charge in [0, 0.05) is 4.88 Å². The van der Waals surface area contributed by atoms with Gasteiger partial charge < -0.3 is 9.73 Å². The molecule has 0 saturated carbocycles. The van der Waals surface area contributed by atoms with Crippen LogP contribution in [0.25, 0.3) is 10.8 Å². The number of benzene rings is 1. The zero-order chi connectivity index (χ0) is 17.1. The molecule has 8 heteroatoms. The number of carbonyl (C=O) groups is 1. The zero-order valence-corrected chi connectivity index (χ0v) is 15.0. The van der Waals surface area contributed by atoms with Crippen LogP contribution in [-0.4, -0.2) is 16.1 Å². The van der Waals surface area contributed by atoms with E-state index in [1.54, 1.807) is 29.5 Å². The van der Waals surface area contributed by atoms with E-state index in [4.69, 9.17) is 27.6 Å². The molecule has 0 saturated heterocycles. The fraction of sp³-hybridized carbons (Fsp3) is 0.188. The molecule has 0 fully saturated rings. The van der Waals surface area contributed by atoms with Crippen molar-refractivity contribution in [1.82, 2.24) is 15.5 Å². The molecule has 1 amide bonds. The molecule has 5 nitrogen and oxygen atoms in total. The van der Waals surface area contributed by atoms with E-state index in [0.29, 0.717) is 21.8 Å². The normalized spacial score (nSPS) is 10.8. The minimum absolute atomic E-state index is 0.167. The van der Waals surface area contributed by atoms with Crippen LogP contribution in [0.5, 0.6) is 0 Å². The molecular formula is C16H13Cl2N3O2S. The van der Waals surface area contributed by atoms with Crippen molar-refractivity contribution in [1.29, 1.82) is 0 Å². The van der Waals surface area contributed by atoms with Crippen molar-refractivity contribution in [3.63, 3.8) is 0 Å². The molecular weight excluding hydrogens is 369 g/mol. The number of thiophene rings is 1. The van der Waals surface area contributed by atoms with Crippen LogP contribution in [0.15, 0.2) is 34.7 Å². The first-order chi connectivity index (χ1) is 11.5. The summed E-state index contributed by atoms with van der Waals surface area (Å²) in [6.45, 7) is 2.19. The molecule has 124 valence electrons. The predicted molar refractivity (Wildman–Crippen MR) is 94.4 cm³/mol. The molecule has 2 heterocycles. The van der Waals surface area contributed by atoms with Gasteiger partial charge in [0.05, 0.1) is 27.9 Å². The van der Waals surface area contributed by atoms with Crippen LogP contribution < -0.4 is 5.32 Å². The van der Waals surface area contributed by atoms with Crippen LogP contribution in [-0.2, 0) is 17.8 Å². The monoisotopic (exact) mass is 381 g/mol. The van der Waals surface area contributed by atoms with Crippen molar-refractivity contribution in [3.8, 4) is 10.8 Å². The summed E-state index contributed by atoms with van der Waals surface area (Å²) in [6, 6.07) is 9.02. The minimum Gasteiger partial charge on any atom is -0.418 e. The Hall–Kier alpha value is -1.89. The second kappa shape index (κ2) is 7.34. The Morgan fingerprint density at radius 3 is 2.75 bits per heavy atom. The van der Waals surface area contributed by atoms with Gasteiger partial charge in [-0.1, -0.05) is 29.3 Å².